The van der Waals surface area contributed by atoms with E-state index in [0.717, 1.165) is 0 Å². The van der Waals surface area contributed by atoms with Crippen LogP contribution in [-0.2, 0) is 19.3 Å². The lowest BCUT2D eigenvalue weighted by Gasteiger charge is -2.34. The fourth-order valence-corrected chi connectivity index (χ4v) is 3.61. The lowest BCUT2D eigenvalue weighted by Crippen LogP contribution is -2.48. The number of aliphatic hydroxyl groups is 1. The van der Waals surface area contributed by atoms with Crippen LogP contribution >= 0.6 is 23.2 Å². The van der Waals surface area contributed by atoms with Crippen LogP contribution in [0.5, 0.6) is 0 Å². The first-order valence-electron chi connectivity index (χ1n) is 6.72. The number of hydrogen-bond donors (Lipinski definition) is 1. The molecular weight excluding hydrogens is 307 g/mol. The second-order valence-corrected chi connectivity index (χ2v) is 7.17. The number of hydrogen-bond acceptors (Lipinski definition) is 5. The van der Waals surface area contributed by atoms with Gasteiger partial charge in [0.1, 0.15) is 17.8 Å². The third-order valence-electron chi connectivity index (χ3n) is 3.61. The number of fused-ring (bicyclic) bond motifs is 2. The van der Waals surface area contributed by atoms with Crippen LogP contribution < -0.4 is 0 Å². The van der Waals surface area contributed by atoms with E-state index in [-0.39, 0.29) is 11.5 Å². The molecular formula is C13H20Cl2O5. The summed E-state index contributed by atoms with van der Waals surface area (Å²) in [5.74, 6) is -0.916. The minimum Gasteiger partial charge on any atom is -0.459 e. The molecule has 2 fully saturated rings. The molecule has 0 aromatic carbocycles. The van der Waals surface area contributed by atoms with Gasteiger partial charge in [0.05, 0.1) is 22.8 Å². The predicted octanol–water partition coefficient (Wildman–Crippen LogP) is 2.01. The Kier molecular flexibility index (Phi) is 4.87. The zero-order valence-electron chi connectivity index (χ0n) is 11.7. The third-order valence-corrected chi connectivity index (χ3v) is 4.69. The van der Waals surface area contributed by atoms with Crippen molar-refractivity contribution in [1.29, 1.82) is 0 Å². The van der Waals surface area contributed by atoms with Crippen LogP contribution in [0.15, 0.2) is 0 Å². The minimum absolute atomic E-state index is 0.339. The first-order valence-corrected chi connectivity index (χ1v) is 7.60. The highest BCUT2D eigenvalue weighted by molar-refractivity contribution is 6.26. The maximum atomic E-state index is 12.3. The van der Waals surface area contributed by atoms with E-state index in [1.54, 1.807) is 20.8 Å². The Balaban J connectivity index is 2.00. The fraction of sp³-hybridized carbons (Fsp3) is 0.923. The van der Waals surface area contributed by atoms with Gasteiger partial charge < -0.3 is 9.84 Å². The van der Waals surface area contributed by atoms with Crippen molar-refractivity contribution in [2.45, 2.75) is 68.3 Å². The lowest BCUT2D eigenvalue weighted by atomic mass is 9.85. The monoisotopic (exact) mass is 326 g/mol. The summed E-state index contributed by atoms with van der Waals surface area (Å²) in [4.78, 5) is 22.4. The molecule has 20 heavy (non-hydrogen) atoms. The summed E-state index contributed by atoms with van der Waals surface area (Å²) < 4.78 is 5.48. The Bertz CT molecular complexity index is 374. The molecule has 7 heteroatoms. The summed E-state index contributed by atoms with van der Waals surface area (Å²) in [6.45, 7) is 5.17. The predicted molar refractivity (Wildman–Crippen MR) is 73.6 cm³/mol. The van der Waals surface area contributed by atoms with E-state index < -0.39 is 35.1 Å². The van der Waals surface area contributed by atoms with Crippen LogP contribution in [0, 0.1) is 5.92 Å². The SMILES string of the molecule is CC(O)CC(C)(C)OC(=O)C1CC2OOC(C2Cl)C1Cl. The number of rotatable bonds is 4. The maximum Gasteiger partial charge on any atom is 0.311 e. The summed E-state index contributed by atoms with van der Waals surface area (Å²) in [7, 11) is 0. The Labute approximate surface area is 128 Å². The number of esters is 1. The van der Waals surface area contributed by atoms with Gasteiger partial charge in [0, 0.05) is 6.42 Å². The molecule has 0 aromatic heterocycles. The number of alkyl halides is 2. The fourth-order valence-electron chi connectivity index (χ4n) is 2.79. The summed E-state index contributed by atoms with van der Waals surface area (Å²) in [6.07, 6.45) is -0.659. The van der Waals surface area contributed by atoms with Gasteiger partial charge in [-0.15, -0.1) is 23.2 Å². The second kappa shape index (κ2) is 5.97. The van der Waals surface area contributed by atoms with Gasteiger partial charge in [-0.3, -0.25) is 4.79 Å². The quantitative estimate of drug-likeness (QED) is 0.486. The molecule has 6 unspecified atom stereocenters. The van der Waals surface area contributed by atoms with Crippen molar-refractivity contribution in [3.8, 4) is 0 Å². The highest BCUT2D eigenvalue weighted by Gasteiger charge is 2.53. The van der Waals surface area contributed by atoms with Crippen LogP contribution in [0.25, 0.3) is 0 Å². The van der Waals surface area contributed by atoms with Crippen molar-refractivity contribution in [3.05, 3.63) is 0 Å². The molecule has 0 spiro atoms. The van der Waals surface area contributed by atoms with Crippen LogP contribution in [0.2, 0.25) is 0 Å². The molecule has 5 nitrogen and oxygen atoms in total. The molecule has 2 bridgehead atoms. The Morgan fingerprint density at radius 1 is 1.40 bits per heavy atom. The molecule has 0 amide bonds. The van der Waals surface area contributed by atoms with Crippen molar-refractivity contribution in [2.75, 3.05) is 0 Å². The molecule has 1 heterocycles. The molecule has 1 aliphatic carbocycles. The summed E-state index contributed by atoms with van der Waals surface area (Å²) in [5, 5.41) is 8.50. The van der Waals surface area contributed by atoms with Gasteiger partial charge in [0.15, 0.2) is 0 Å². The number of halogens is 2. The van der Waals surface area contributed by atoms with Crippen molar-refractivity contribution >= 4 is 29.2 Å². The molecule has 116 valence electrons. The third kappa shape index (κ3) is 3.39. The normalized spacial score (nSPS) is 38.6. The van der Waals surface area contributed by atoms with E-state index in [2.05, 4.69) is 0 Å². The van der Waals surface area contributed by atoms with Crippen molar-refractivity contribution in [3.63, 3.8) is 0 Å². The van der Waals surface area contributed by atoms with Crippen LogP contribution in [0.4, 0.5) is 0 Å². The first kappa shape index (κ1) is 16.3. The van der Waals surface area contributed by atoms with Gasteiger partial charge in [-0.2, -0.15) is 0 Å². The summed E-state index contributed by atoms with van der Waals surface area (Å²) >= 11 is 12.4. The van der Waals surface area contributed by atoms with E-state index in [1.165, 1.54) is 0 Å². The number of carbonyl (C=O) groups is 1. The van der Waals surface area contributed by atoms with Crippen molar-refractivity contribution < 1.29 is 24.4 Å². The molecule has 0 radical (unpaired) electrons. The van der Waals surface area contributed by atoms with Gasteiger partial charge in [0.2, 0.25) is 0 Å². The lowest BCUT2D eigenvalue weighted by molar-refractivity contribution is -0.289. The van der Waals surface area contributed by atoms with E-state index in [4.69, 9.17) is 37.7 Å². The molecule has 1 saturated heterocycles. The largest absolute Gasteiger partial charge is 0.459 e. The van der Waals surface area contributed by atoms with Crippen LogP contribution in [0.1, 0.15) is 33.6 Å². The minimum atomic E-state index is -0.750. The van der Waals surface area contributed by atoms with Crippen molar-refractivity contribution in [2.24, 2.45) is 5.92 Å². The van der Waals surface area contributed by atoms with E-state index in [0.29, 0.717) is 12.8 Å². The first-order chi connectivity index (χ1) is 9.21. The maximum absolute atomic E-state index is 12.3. The van der Waals surface area contributed by atoms with Gasteiger partial charge in [-0.1, -0.05) is 0 Å². The van der Waals surface area contributed by atoms with Gasteiger partial charge in [0.25, 0.3) is 0 Å². The highest BCUT2D eigenvalue weighted by atomic mass is 35.5. The van der Waals surface area contributed by atoms with Gasteiger partial charge >= 0.3 is 5.97 Å². The highest BCUT2D eigenvalue weighted by Crippen LogP contribution is 2.41. The standard InChI is InChI=1S/C13H20Cl2O5/c1-6(16)5-13(2,3)18-12(17)7-4-8-10(15)11(9(7)14)20-19-8/h6-11,16H,4-5H2,1-3H3. The molecule has 1 N–H and O–H groups in total. The Morgan fingerprint density at radius 2 is 2.05 bits per heavy atom. The van der Waals surface area contributed by atoms with E-state index in [9.17, 15) is 9.90 Å². The molecule has 2 rings (SSSR count). The van der Waals surface area contributed by atoms with Crippen LogP contribution in [0.3, 0.4) is 0 Å². The topological polar surface area (TPSA) is 65.0 Å². The Morgan fingerprint density at radius 3 is 2.65 bits per heavy atom. The number of ether oxygens (including phenoxy) is 1. The molecule has 1 saturated carbocycles. The molecule has 2 aliphatic rings. The zero-order chi connectivity index (χ0) is 15.1. The van der Waals surface area contributed by atoms with Gasteiger partial charge in [-0.25, -0.2) is 9.78 Å². The van der Waals surface area contributed by atoms with Crippen molar-refractivity contribution in [1.82, 2.24) is 0 Å². The summed E-state index contributed by atoms with van der Waals surface area (Å²) in [5.41, 5.74) is -0.750. The average Bonchev–Trinajstić information content (AvgIpc) is 2.52. The average molecular weight is 327 g/mol. The number of aliphatic hydroxyl groups excluding tert-OH is 1. The van der Waals surface area contributed by atoms with Crippen LogP contribution in [-0.4, -0.2) is 45.7 Å². The van der Waals surface area contributed by atoms with E-state index >= 15 is 0 Å². The van der Waals surface area contributed by atoms with Gasteiger partial charge in [-0.05, 0) is 27.2 Å². The smallest absolute Gasteiger partial charge is 0.311 e. The Hall–Kier alpha value is -0.0700. The second-order valence-electron chi connectivity index (χ2n) is 6.16. The molecule has 0 aromatic rings. The zero-order valence-corrected chi connectivity index (χ0v) is 13.2. The van der Waals surface area contributed by atoms with E-state index in [1.807, 2.05) is 0 Å². The summed E-state index contributed by atoms with van der Waals surface area (Å²) in [6, 6.07) is 0. The molecule has 6 atom stereocenters. The molecule has 1 aliphatic heterocycles. The number of carbonyl (C=O) groups excluding carboxylic acids is 1.